The standard InChI is InChI=1S/C13H17BrN2O3/c1-4-15-12(17)8(2)16-13(18)9-5-6-11(19-3)10(14)7-9/h5-8H,4H2,1-3H3,(H,15,17)(H,16,18)/t8-/m0/s1. The summed E-state index contributed by atoms with van der Waals surface area (Å²) >= 11 is 3.31. The third kappa shape index (κ3) is 4.24. The largest absolute Gasteiger partial charge is 0.496 e. The molecule has 0 heterocycles. The predicted molar refractivity (Wildman–Crippen MR) is 76.3 cm³/mol. The van der Waals surface area contributed by atoms with Gasteiger partial charge < -0.3 is 15.4 Å². The van der Waals surface area contributed by atoms with Crippen LogP contribution in [0.25, 0.3) is 0 Å². The van der Waals surface area contributed by atoms with Gasteiger partial charge in [0.2, 0.25) is 5.91 Å². The molecule has 0 saturated heterocycles. The van der Waals surface area contributed by atoms with E-state index in [9.17, 15) is 9.59 Å². The molecule has 0 aliphatic rings. The van der Waals surface area contributed by atoms with Crippen molar-refractivity contribution in [1.82, 2.24) is 10.6 Å². The maximum Gasteiger partial charge on any atom is 0.251 e. The Morgan fingerprint density at radius 1 is 1.42 bits per heavy atom. The van der Waals surface area contributed by atoms with Gasteiger partial charge in [0.1, 0.15) is 11.8 Å². The zero-order chi connectivity index (χ0) is 14.4. The molecule has 0 spiro atoms. The molecule has 1 atom stereocenters. The minimum absolute atomic E-state index is 0.205. The first-order valence-corrected chi connectivity index (χ1v) is 6.71. The third-order valence-corrected chi connectivity index (χ3v) is 3.13. The Morgan fingerprint density at radius 3 is 2.63 bits per heavy atom. The smallest absolute Gasteiger partial charge is 0.251 e. The average molecular weight is 329 g/mol. The Hall–Kier alpha value is -1.56. The molecule has 6 heteroatoms. The highest BCUT2D eigenvalue weighted by Crippen LogP contribution is 2.25. The molecule has 5 nitrogen and oxygen atoms in total. The molecule has 2 amide bonds. The van der Waals surface area contributed by atoms with E-state index in [0.29, 0.717) is 22.3 Å². The van der Waals surface area contributed by atoms with Crippen molar-refractivity contribution in [3.05, 3.63) is 28.2 Å². The highest BCUT2D eigenvalue weighted by Gasteiger charge is 2.16. The Kier molecular flexibility index (Phi) is 5.82. The van der Waals surface area contributed by atoms with E-state index in [-0.39, 0.29) is 11.8 Å². The number of nitrogens with one attached hydrogen (secondary N) is 2. The van der Waals surface area contributed by atoms with Crippen LogP contribution in [0.4, 0.5) is 0 Å². The van der Waals surface area contributed by atoms with Crippen LogP contribution in [-0.4, -0.2) is 31.5 Å². The molecule has 1 aromatic rings. The number of hydrogen-bond acceptors (Lipinski definition) is 3. The minimum Gasteiger partial charge on any atom is -0.496 e. The number of rotatable bonds is 5. The maximum atomic E-state index is 12.0. The molecule has 0 aliphatic heterocycles. The van der Waals surface area contributed by atoms with Crippen molar-refractivity contribution in [2.45, 2.75) is 19.9 Å². The van der Waals surface area contributed by atoms with Gasteiger partial charge in [-0.2, -0.15) is 0 Å². The fourth-order valence-corrected chi connectivity index (χ4v) is 2.02. The molecule has 0 aromatic heterocycles. The molecule has 0 aliphatic carbocycles. The number of hydrogen-bond donors (Lipinski definition) is 2. The van der Waals surface area contributed by atoms with E-state index in [1.165, 1.54) is 0 Å². The summed E-state index contributed by atoms with van der Waals surface area (Å²) in [5.41, 5.74) is 0.462. The maximum absolute atomic E-state index is 12.0. The van der Waals surface area contributed by atoms with E-state index < -0.39 is 6.04 Å². The van der Waals surface area contributed by atoms with Crippen molar-refractivity contribution in [2.24, 2.45) is 0 Å². The topological polar surface area (TPSA) is 67.4 Å². The van der Waals surface area contributed by atoms with Gasteiger partial charge in [0.05, 0.1) is 11.6 Å². The number of methoxy groups -OCH3 is 1. The summed E-state index contributed by atoms with van der Waals surface area (Å²) < 4.78 is 5.78. The highest BCUT2D eigenvalue weighted by atomic mass is 79.9. The van der Waals surface area contributed by atoms with Gasteiger partial charge in [-0.25, -0.2) is 0 Å². The minimum atomic E-state index is -0.576. The van der Waals surface area contributed by atoms with Crippen LogP contribution in [0.5, 0.6) is 5.75 Å². The molecule has 0 bridgehead atoms. The van der Waals surface area contributed by atoms with E-state index >= 15 is 0 Å². The van der Waals surface area contributed by atoms with E-state index in [0.717, 1.165) is 0 Å². The molecule has 1 rings (SSSR count). The molecule has 19 heavy (non-hydrogen) atoms. The summed E-state index contributed by atoms with van der Waals surface area (Å²) in [6.45, 7) is 4.00. The third-order valence-electron chi connectivity index (χ3n) is 2.51. The molecule has 1 aromatic carbocycles. The molecule has 2 N–H and O–H groups in total. The van der Waals surface area contributed by atoms with Crippen LogP contribution >= 0.6 is 15.9 Å². The molecule has 0 saturated carbocycles. The number of carbonyl (C=O) groups excluding carboxylic acids is 2. The SMILES string of the molecule is CCNC(=O)[C@H](C)NC(=O)c1ccc(OC)c(Br)c1. The first-order chi connectivity index (χ1) is 8.99. The first kappa shape index (κ1) is 15.5. The monoisotopic (exact) mass is 328 g/mol. The second-order valence-corrected chi connectivity index (χ2v) is 4.79. The van der Waals surface area contributed by atoms with E-state index in [2.05, 4.69) is 26.6 Å². The van der Waals surface area contributed by atoms with E-state index in [1.54, 1.807) is 32.2 Å². The van der Waals surface area contributed by atoms with Crippen LogP contribution in [0.15, 0.2) is 22.7 Å². The van der Waals surface area contributed by atoms with Crippen molar-refractivity contribution < 1.29 is 14.3 Å². The van der Waals surface area contributed by atoms with E-state index in [1.807, 2.05) is 6.92 Å². The number of likely N-dealkylation sites (N-methyl/N-ethyl adjacent to an activating group) is 1. The van der Waals surface area contributed by atoms with Crippen molar-refractivity contribution in [2.75, 3.05) is 13.7 Å². The zero-order valence-corrected chi connectivity index (χ0v) is 12.7. The average Bonchev–Trinajstić information content (AvgIpc) is 2.38. The van der Waals surface area contributed by atoms with Crippen LogP contribution in [0.3, 0.4) is 0 Å². The second-order valence-electron chi connectivity index (χ2n) is 3.94. The lowest BCUT2D eigenvalue weighted by molar-refractivity contribution is -0.122. The van der Waals surface area contributed by atoms with Crippen LogP contribution in [-0.2, 0) is 4.79 Å². The van der Waals surface area contributed by atoms with Gasteiger partial charge >= 0.3 is 0 Å². The second kappa shape index (κ2) is 7.13. The number of carbonyl (C=O) groups is 2. The number of halogens is 1. The van der Waals surface area contributed by atoms with Crippen molar-refractivity contribution in [3.8, 4) is 5.75 Å². The Balaban J connectivity index is 2.73. The lowest BCUT2D eigenvalue weighted by atomic mass is 10.2. The molecular formula is C13H17BrN2O3. The summed E-state index contributed by atoms with van der Waals surface area (Å²) in [6.07, 6.45) is 0. The lowest BCUT2D eigenvalue weighted by Crippen LogP contribution is -2.44. The van der Waals surface area contributed by atoms with Crippen molar-refractivity contribution in [1.29, 1.82) is 0 Å². The zero-order valence-electron chi connectivity index (χ0n) is 11.1. The number of ether oxygens (including phenoxy) is 1. The summed E-state index contributed by atoms with van der Waals surface area (Å²) in [7, 11) is 1.55. The molecule has 0 radical (unpaired) electrons. The Labute approximate surface area is 120 Å². The van der Waals surface area contributed by atoms with E-state index in [4.69, 9.17) is 4.74 Å². The van der Waals surface area contributed by atoms with Gasteiger partial charge in [0, 0.05) is 12.1 Å². The summed E-state index contributed by atoms with van der Waals surface area (Å²) in [4.78, 5) is 23.5. The summed E-state index contributed by atoms with van der Waals surface area (Å²) in [5, 5.41) is 5.28. The van der Waals surface area contributed by atoms with Gasteiger partial charge in [-0.05, 0) is 48.0 Å². The lowest BCUT2D eigenvalue weighted by Gasteiger charge is -2.13. The van der Waals surface area contributed by atoms with Crippen LogP contribution in [0.2, 0.25) is 0 Å². The fraction of sp³-hybridized carbons (Fsp3) is 0.385. The van der Waals surface area contributed by atoms with Crippen LogP contribution < -0.4 is 15.4 Å². The van der Waals surface area contributed by atoms with Gasteiger partial charge in [0.25, 0.3) is 5.91 Å². The van der Waals surface area contributed by atoms with Gasteiger partial charge in [0.15, 0.2) is 0 Å². The number of amides is 2. The molecule has 0 fully saturated rings. The molecule has 0 unspecified atom stereocenters. The normalized spacial score (nSPS) is 11.6. The Morgan fingerprint density at radius 2 is 2.11 bits per heavy atom. The number of benzene rings is 1. The first-order valence-electron chi connectivity index (χ1n) is 5.91. The van der Waals surface area contributed by atoms with Crippen LogP contribution in [0.1, 0.15) is 24.2 Å². The summed E-state index contributed by atoms with van der Waals surface area (Å²) in [5.74, 6) is 0.138. The van der Waals surface area contributed by atoms with Crippen molar-refractivity contribution >= 4 is 27.7 Å². The van der Waals surface area contributed by atoms with Gasteiger partial charge in [-0.1, -0.05) is 0 Å². The quantitative estimate of drug-likeness (QED) is 0.864. The van der Waals surface area contributed by atoms with Gasteiger partial charge in [-0.3, -0.25) is 9.59 Å². The fourth-order valence-electron chi connectivity index (χ4n) is 1.48. The highest BCUT2D eigenvalue weighted by molar-refractivity contribution is 9.10. The summed E-state index contributed by atoms with van der Waals surface area (Å²) in [6, 6.07) is 4.41. The van der Waals surface area contributed by atoms with Gasteiger partial charge in [-0.15, -0.1) is 0 Å². The Bertz CT molecular complexity index is 477. The van der Waals surface area contributed by atoms with Crippen molar-refractivity contribution in [3.63, 3.8) is 0 Å². The van der Waals surface area contributed by atoms with Crippen LogP contribution in [0, 0.1) is 0 Å². The predicted octanol–water partition coefficient (Wildman–Crippen LogP) is 1.71. The molecular weight excluding hydrogens is 312 g/mol. The molecule has 104 valence electrons.